The first-order chi connectivity index (χ1) is 6.77. The van der Waals surface area contributed by atoms with E-state index in [2.05, 4.69) is 6.92 Å². The van der Waals surface area contributed by atoms with Crippen molar-refractivity contribution in [2.45, 2.75) is 51.9 Å². The third-order valence-corrected chi connectivity index (χ3v) is 3.37. The molecule has 0 aromatic rings. The minimum absolute atomic E-state index is 0.0157. The fourth-order valence-electron chi connectivity index (χ4n) is 2.42. The summed E-state index contributed by atoms with van der Waals surface area (Å²) in [5.74, 6) is 0.897. The van der Waals surface area contributed by atoms with Gasteiger partial charge in [0.15, 0.2) is 0 Å². The molecule has 0 radical (unpaired) electrons. The van der Waals surface area contributed by atoms with Crippen molar-refractivity contribution in [2.75, 3.05) is 7.11 Å². The Morgan fingerprint density at radius 2 is 2.00 bits per heavy atom. The molecule has 0 spiro atoms. The molecule has 1 aliphatic rings. The average Bonchev–Trinajstić information content (AvgIpc) is 2.26. The third-order valence-electron chi connectivity index (χ3n) is 3.37. The van der Waals surface area contributed by atoms with Gasteiger partial charge in [-0.05, 0) is 18.8 Å². The Kier molecular flexibility index (Phi) is 4.99. The molecule has 0 saturated heterocycles. The molecule has 2 nitrogen and oxygen atoms in total. The van der Waals surface area contributed by atoms with Gasteiger partial charge in [0, 0.05) is 0 Å². The van der Waals surface area contributed by atoms with Crippen LogP contribution >= 0.6 is 0 Å². The molecule has 1 fully saturated rings. The highest BCUT2D eigenvalue weighted by Crippen LogP contribution is 2.30. The highest BCUT2D eigenvalue weighted by atomic mass is 16.5. The topological polar surface area (TPSA) is 26.3 Å². The summed E-state index contributed by atoms with van der Waals surface area (Å²) in [6, 6.07) is 0. The van der Waals surface area contributed by atoms with Gasteiger partial charge in [-0.3, -0.25) is 4.79 Å². The second kappa shape index (κ2) is 6.05. The van der Waals surface area contributed by atoms with Crippen molar-refractivity contribution in [1.82, 2.24) is 0 Å². The number of carbonyl (C=O) groups excluding carboxylic acids is 1. The van der Waals surface area contributed by atoms with Crippen molar-refractivity contribution in [1.29, 1.82) is 0 Å². The van der Waals surface area contributed by atoms with Crippen LogP contribution in [0.2, 0.25) is 0 Å². The Morgan fingerprint density at radius 1 is 1.36 bits per heavy atom. The largest absolute Gasteiger partial charge is 0.469 e. The quantitative estimate of drug-likeness (QED) is 0.649. The lowest BCUT2D eigenvalue weighted by atomic mass is 9.82. The van der Waals surface area contributed by atoms with Crippen LogP contribution in [-0.4, -0.2) is 13.1 Å². The second-order valence-electron chi connectivity index (χ2n) is 4.37. The molecular weight excluding hydrogens is 176 g/mol. The van der Waals surface area contributed by atoms with E-state index < -0.39 is 0 Å². The number of ether oxygens (including phenoxy) is 1. The van der Waals surface area contributed by atoms with Crippen LogP contribution in [0.4, 0.5) is 0 Å². The first-order valence-corrected chi connectivity index (χ1v) is 5.85. The lowest BCUT2D eigenvalue weighted by molar-refractivity contribution is -0.146. The van der Waals surface area contributed by atoms with Gasteiger partial charge in [0.2, 0.25) is 0 Å². The Hall–Kier alpha value is -0.530. The van der Waals surface area contributed by atoms with Crippen molar-refractivity contribution in [3.05, 3.63) is 0 Å². The maximum atomic E-state index is 11.4. The van der Waals surface area contributed by atoms with E-state index in [1.807, 2.05) is 0 Å². The van der Waals surface area contributed by atoms with Crippen LogP contribution in [0, 0.1) is 11.8 Å². The zero-order valence-corrected chi connectivity index (χ0v) is 9.42. The Bertz CT molecular complexity index is 171. The van der Waals surface area contributed by atoms with Crippen molar-refractivity contribution in [3.8, 4) is 0 Å². The number of rotatable bonds is 4. The maximum absolute atomic E-state index is 11.4. The molecule has 2 heteroatoms. The van der Waals surface area contributed by atoms with Crippen LogP contribution in [0.1, 0.15) is 51.9 Å². The van der Waals surface area contributed by atoms with E-state index in [1.54, 1.807) is 0 Å². The van der Waals surface area contributed by atoms with Gasteiger partial charge < -0.3 is 4.74 Å². The van der Waals surface area contributed by atoms with Crippen LogP contribution in [0.15, 0.2) is 0 Å². The third kappa shape index (κ3) is 3.32. The molecule has 1 saturated carbocycles. The first-order valence-electron chi connectivity index (χ1n) is 5.85. The summed E-state index contributed by atoms with van der Waals surface area (Å²) in [5.41, 5.74) is 0. The van der Waals surface area contributed by atoms with Crippen molar-refractivity contribution >= 4 is 5.97 Å². The van der Waals surface area contributed by atoms with E-state index in [0.29, 0.717) is 0 Å². The van der Waals surface area contributed by atoms with Crippen molar-refractivity contribution in [2.24, 2.45) is 11.8 Å². The predicted molar refractivity (Wildman–Crippen MR) is 57.0 cm³/mol. The molecule has 82 valence electrons. The fraction of sp³-hybridized carbons (Fsp3) is 0.917. The summed E-state index contributed by atoms with van der Waals surface area (Å²) >= 11 is 0. The molecule has 1 rings (SSSR count). The zero-order valence-electron chi connectivity index (χ0n) is 9.42. The minimum atomic E-state index is -0.0157. The molecule has 0 aromatic carbocycles. The molecule has 0 aromatic heterocycles. The van der Waals surface area contributed by atoms with Crippen LogP contribution < -0.4 is 0 Å². The standard InChI is InChI=1S/C12H22O2/c1-3-11(12(13)14-2)9-10-7-5-4-6-8-10/h10-11H,3-9H2,1-2H3. The number of carbonyl (C=O) groups is 1. The van der Waals surface area contributed by atoms with Crippen LogP contribution in [0.25, 0.3) is 0 Å². The lowest BCUT2D eigenvalue weighted by Crippen LogP contribution is -2.20. The van der Waals surface area contributed by atoms with Gasteiger partial charge >= 0.3 is 5.97 Å². The Morgan fingerprint density at radius 3 is 2.50 bits per heavy atom. The molecule has 1 unspecified atom stereocenters. The van der Waals surface area contributed by atoms with Gasteiger partial charge in [0.25, 0.3) is 0 Å². The summed E-state index contributed by atoms with van der Waals surface area (Å²) < 4.78 is 4.81. The van der Waals surface area contributed by atoms with Gasteiger partial charge in [-0.15, -0.1) is 0 Å². The normalized spacial score (nSPS) is 20.4. The highest BCUT2D eigenvalue weighted by Gasteiger charge is 2.23. The SMILES string of the molecule is CCC(CC1CCCCC1)C(=O)OC. The van der Waals surface area contributed by atoms with Crippen LogP contribution in [-0.2, 0) is 9.53 Å². The van der Waals surface area contributed by atoms with Crippen molar-refractivity contribution < 1.29 is 9.53 Å². The highest BCUT2D eigenvalue weighted by molar-refractivity contribution is 5.72. The Labute approximate surface area is 87.0 Å². The molecular formula is C12H22O2. The molecule has 0 aliphatic heterocycles. The van der Waals surface area contributed by atoms with E-state index in [9.17, 15) is 4.79 Å². The van der Waals surface area contributed by atoms with Crippen LogP contribution in [0.5, 0.6) is 0 Å². The molecule has 0 heterocycles. The number of hydrogen-bond acceptors (Lipinski definition) is 2. The van der Waals surface area contributed by atoms with E-state index in [4.69, 9.17) is 4.74 Å². The fourth-order valence-corrected chi connectivity index (χ4v) is 2.42. The lowest BCUT2D eigenvalue weighted by Gasteiger charge is -2.24. The van der Waals surface area contributed by atoms with E-state index >= 15 is 0 Å². The predicted octanol–water partition coefficient (Wildman–Crippen LogP) is 3.16. The molecule has 1 aliphatic carbocycles. The molecule has 0 N–H and O–H groups in total. The average molecular weight is 198 g/mol. The second-order valence-corrected chi connectivity index (χ2v) is 4.37. The van der Waals surface area contributed by atoms with Gasteiger partial charge in [-0.1, -0.05) is 39.0 Å². The molecule has 14 heavy (non-hydrogen) atoms. The van der Waals surface area contributed by atoms with Crippen molar-refractivity contribution in [3.63, 3.8) is 0 Å². The van der Waals surface area contributed by atoms with Gasteiger partial charge in [-0.2, -0.15) is 0 Å². The van der Waals surface area contributed by atoms with Gasteiger partial charge in [-0.25, -0.2) is 0 Å². The van der Waals surface area contributed by atoms with E-state index in [1.165, 1.54) is 39.2 Å². The monoisotopic (exact) mass is 198 g/mol. The number of hydrogen-bond donors (Lipinski definition) is 0. The summed E-state index contributed by atoms with van der Waals surface area (Å²) in [7, 11) is 1.49. The minimum Gasteiger partial charge on any atom is -0.469 e. The van der Waals surface area contributed by atoms with Gasteiger partial charge in [0.1, 0.15) is 0 Å². The first kappa shape index (κ1) is 11.5. The zero-order chi connectivity index (χ0) is 10.4. The Balaban J connectivity index is 2.34. The summed E-state index contributed by atoms with van der Waals surface area (Å²) in [6.45, 7) is 2.07. The summed E-state index contributed by atoms with van der Waals surface area (Å²) in [5, 5.41) is 0. The smallest absolute Gasteiger partial charge is 0.308 e. The summed E-state index contributed by atoms with van der Waals surface area (Å²) in [6.07, 6.45) is 8.67. The van der Waals surface area contributed by atoms with Crippen LogP contribution in [0.3, 0.4) is 0 Å². The van der Waals surface area contributed by atoms with E-state index in [0.717, 1.165) is 18.8 Å². The summed E-state index contributed by atoms with van der Waals surface area (Å²) in [4.78, 5) is 11.4. The maximum Gasteiger partial charge on any atom is 0.308 e. The molecule has 0 bridgehead atoms. The van der Waals surface area contributed by atoms with Gasteiger partial charge in [0.05, 0.1) is 13.0 Å². The molecule has 1 atom stereocenters. The number of methoxy groups -OCH3 is 1. The van der Waals surface area contributed by atoms with E-state index in [-0.39, 0.29) is 11.9 Å². The number of esters is 1. The molecule has 0 amide bonds.